The third-order valence-corrected chi connectivity index (χ3v) is 3.56. The number of ether oxygens (including phenoxy) is 2. The van der Waals surface area contributed by atoms with Crippen LogP contribution < -0.4 is 20.6 Å². The lowest BCUT2D eigenvalue weighted by atomic mass is 10.2. The number of nitrogens with one attached hydrogen (secondary N) is 1. The Hall–Kier alpha value is -2.77. The van der Waals surface area contributed by atoms with Crippen LogP contribution in [0.4, 0.5) is 4.79 Å². The summed E-state index contributed by atoms with van der Waals surface area (Å²) < 4.78 is 10.9. The number of nitrogens with two attached hydrogens (primary N) is 1. The number of hydrogen-bond acceptors (Lipinski definition) is 5. The molecule has 0 aliphatic carbocycles. The first-order valence-corrected chi connectivity index (χ1v) is 8.19. The highest BCUT2D eigenvalue weighted by Gasteiger charge is 2.16. The number of amides is 2. The van der Waals surface area contributed by atoms with E-state index >= 15 is 0 Å². The molecule has 0 saturated carbocycles. The lowest BCUT2D eigenvalue weighted by molar-refractivity contribution is 0.0728. The van der Waals surface area contributed by atoms with Crippen LogP contribution in [0.25, 0.3) is 0 Å². The highest BCUT2D eigenvalue weighted by Crippen LogP contribution is 2.30. The molecule has 3 N–H and O–H groups in total. The van der Waals surface area contributed by atoms with Crippen LogP contribution in [0.3, 0.4) is 0 Å². The molecule has 0 spiro atoms. The monoisotopic (exact) mass is 395 g/mol. The minimum Gasteiger partial charge on any atom is -0.490 e. The SMILES string of the molecule is CCOc1cc(/C=N/NC(N)=O)ccc1OC(=O)c1ccc(Cl)cc1Cl. The summed E-state index contributed by atoms with van der Waals surface area (Å²) in [6.07, 6.45) is 1.37. The molecule has 136 valence electrons. The standard InChI is InChI=1S/C17H15Cl2N3O4/c1-2-25-15-7-10(9-21-22-17(20)24)3-6-14(15)26-16(23)12-5-4-11(18)8-13(12)19/h3-9H,2H2,1H3,(H3,20,22,24)/b21-9+. The van der Waals surface area contributed by atoms with Crippen LogP contribution in [0.1, 0.15) is 22.8 Å². The van der Waals surface area contributed by atoms with Crippen molar-refractivity contribution < 1.29 is 19.1 Å². The Balaban J connectivity index is 2.23. The first-order chi connectivity index (χ1) is 12.4. The number of halogens is 2. The molecule has 2 aromatic rings. The van der Waals surface area contributed by atoms with Gasteiger partial charge in [0.15, 0.2) is 11.5 Å². The van der Waals surface area contributed by atoms with Crippen molar-refractivity contribution in [3.05, 3.63) is 57.6 Å². The number of carbonyl (C=O) groups excluding carboxylic acids is 2. The maximum absolute atomic E-state index is 12.3. The maximum atomic E-state index is 12.3. The summed E-state index contributed by atoms with van der Waals surface area (Å²) in [7, 11) is 0. The molecular formula is C17H15Cl2N3O4. The highest BCUT2D eigenvalue weighted by molar-refractivity contribution is 6.36. The van der Waals surface area contributed by atoms with E-state index in [2.05, 4.69) is 10.5 Å². The van der Waals surface area contributed by atoms with Crippen molar-refractivity contribution in [1.29, 1.82) is 0 Å². The van der Waals surface area contributed by atoms with Crippen molar-refractivity contribution in [1.82, 2.24) is 5.43 Å². The van der Waals surface area contributed by atoms with Gasteiger partial charge >= 0.3 is 12.0 Å². The van der Waals surface area contributed by atoms with Gasteiger partial charge in [-0.2, -0.15) is 5.10 Å². The van der Waals surface area contributed by atoms with E-state index in [0.717, 1.165) is 0 Å². The first-order valence-electron chi connectivity index (χ1n) is 7.43. The van der Waals surface area contributed by atoms with Gasteiger partial charge < -0.3 is 15.2 Å². The largest absolute Gasteiger partial charge is 0.490 e. The van der Waals surface area contributed by atoms with E-state index in [-0.39, 0.29) is 16.3 Å². The van der Waals surface area contributed by atoms with Crippen LogP contribution in [0.2, 0.25) is 10.0 Å². The molecule has 0 fully saturated rings. The second-order valence-electron chi connectivity index (χ2n) is 4.89. The van der Waals surface area contributed by atoms with Gasteiger partial charge in [0, 0.05) is 5.02 Å². The molecule has 0 unspecified atom stereocenters. The van der Waals surface area contributed by atoms with E-state index in [1.165, 1.54) is 18.3 Å². The zero-order valence-corrected chi connectivity index (χ0v) is 15.2. The molecule has 2 aromatic carbocycles. The minimum atomic E-state index is -0.781. The second-order valence-corrected chi connectivity index (χ2v) is 5.73. The summed E-state index contributed by atoms with van der Waals surface area (Å²) in [6, 6.07) is 8.45. The molecule has 0 saturated heterocycles. The minimum absolute atomic E-state index is 0.176. The summed E-state index contributed by atoms with van der Waals surface area (Å²) in [6.45, 7) is 2.14. The average Bonchev–Trinajstić information content (AvgIpc) is 2.57. The number of esters is 1. The van der Waals surface area contributed by atoms with E-state index < -0.39 is 12.0 Å². The summed E-state index contributed by atoms with van der Waals surface area (Å²) in [5, 5.41) is 4.25. The van der Waals surface area contributed by atoms with Crippen molar-refractivity contribution in [3.8, 4) is 11.5 Å². The topological polar surface area (TPSA) is 103 Å². The van der Waals surface area contributed by atoms with Gasteiger partial charge in [-0.3, -0.25) is 0 Å². The molecule has 9 heteroatoms. The average molecular weight is 396 g/mol. The summed E-state index contributed by atoms with van der Waals surface area (Å²) in [4.78, 5) is 23.0. The molecule has 0 heterocycles. The van der Waals surface area contributed by atoms with E-state index in [0.29, 0.717) is 22.9 Å². The van der Waals surface area contributed by atoms with Gasteiger partial charge in [0.1, 0.15) is 0 Å². The summed E-state index contributed by atoms with van der Waals surface area (Å²) >= 11 is 11.8. The third kappa shape index (κ3) is 5.37. The van der Waals surface area contributed by atoms with E-state index in [1.54, 1.807) is 31.2 Å². The van der Waals surface area contributed by atoms with E-state index in [4.69, 9.17) is 38.4 Å². The Morgan fingerprint density at radius 2 is 1.96 bits per heavy atom. The Morgan fingerprint density at radius 3 is 2.62 bits per heavy atom. The van der Waals surface area contributed by atoms with Crippen LogP contribution in [0, 0.1) is 0 Å². The molecule has 2 amide bonds. The quantitative estimate of drug-likeness (QED) is 0.337. The number of nitrogens with zero attached hydrogens (tertiary/aromatic N) is 1. The first kappa shape index (κ1) is 19.6. The Bertz CT molecular complexity index is 856. The number of rotatable bonds is 6. The lowest BCUT2D eigenvalue weighted by Gasteiger charge is -2.12. The fourth-order valence-corrected chi connectivity index (χ4v) is 2.42. The van der Waals surface area contributed by atoms with Crippen LogP contribution in [0.5, 0.6) is 11.5 Å². The zero-order valence-electron chi connectivity index (χ0n) is 13.7. The Morgan fingerprint density at radius 1 is 1.19 bits per heavy atom. The number of urea groups is 1. The van der Waals surface area contributed by atoms with Gasteiger partial charge in [-0.15, -0.1) is 0 Å². The van der Waals surface area contributed by atoms with Crippen LogP contribution in [0.15, 0.2) is 41.5 Å². The Kier molecular flexibility index (Phi) is 6.82. The predicted molar refractivity (Wildman–Crippen MR) is 99.3 cm³/mol. The smallest absolute Gasteiger partial charge is 0.345 e. The Labute approximate surface area is 159 Å². The van der Waals surface area contributed by atoms with Gasteiger partial charge in [0.2, 0.25) is 0 Å². The molecule has 2 rings (SSSR count). The van der Waals surface area contributed by atoms with Crippen LogP contribution in [-0.4, -0.2) is 24.8 Å². The van der Waals surface area contributed by atoms with Gasteiger partial charge in [-0.1, -0.05) is 23.2 Å². The third-order valence-electron chi connectivity index (χ3n) is 3.01. The second kappa shape index (κ2) is 9.07. The van der Waals surface area contributed by atoms with Gasteiger partial charge in [0.05, 0.1) is 23.4 Å². The van der Waals surface area contributed by atoms with Gasteiger partial charge in [-0.25, -0.2) is 15.0 Å². The van der Waals surface area contributed by atoms with Crippen LogP contribution >= 0.6 is 23.2 Å². The van der Waals surface area contributed by atoms with Gasteiger partial charge in [-0.05, 0) is 48.9 Å². The molecule has 0 aliphatic rings. The molecule has 0 aromatic heterocycles. The van der Waals surface area contributed by atoms with Gasteiger partial charge in [0.25, 0.3) is 0 Å². The van der Waals surface area contributed by atoms with Crippen molar-refractivity contribution >= 4 is 41.4 Å². The number of benzene rings is 2. The molecule has 26 heavy (non-hydrogen) atoms. The molecule has 0 bridgehead atoms. The molecule has 0 radical (unpaired) electrons. The summed E-state index contributed by atoms with van der Waals surface area (Å²) in [5.74, 6) is -0.110. The normalized spacial score (nSPS) is 10.6. The zero-order chi connectivity index (χ0) is 19.1. The van der Waals surface area contributed by atoms with Crippen molar-refractivity contribution in [2.24, 2.45) is 10.8 Å². The fourth-order valence-electron chi connectivity index (χ4n) is 1.94. The lowest BCUT2D eigenvalue weighted by Crippen LogP contribution is -2.24. The number of primary amides is 1. The molecule has 0 atom stereocenters. The van der Waals surface area contributed by atoms with Crippen LogP contribution in [-0.2, 0) is 0 Å². The van der Waals surface area contributed by atoms with Crippen molar-refractivity contribution in [2.45, 2.75) is 6.92 Å². The highest BCUT2D eigenvalue weighted by atomic mass is 35.5. The maximum Gasteiger partial charge on any atom is 0.345 e. The molecule has 0 aliphatic heterocycles. The van der Waals surface area contributed by atoms with E-state index in [9.17, 15) is 9.59 Å². The molecule has 7 nitrogen and oxygen atoms in total. The summed E-state index contributed by atoms with van der Waals surface area (Å²) in [5.41, 5.74) is 7.79. The number of hydrazone groups is 1. The number of carbonyl (C=O) groups is 2. The number of hydrogen-bond donors (Lipinski definition) is 2. The van der Waals surface area contributed by atoms with Crippen molar-refractivity contribution in [3.63, 3.8) is 0 Å². The predicted octanol–water partition coefficient (Wildman–Crippen LogP) is 3.61. The molecular weight excluding hydrogens is 381 g/mol. The van der Waals surface area contributed by atoms with E-state index in [1.807, 2.05) is 0 Å². The van der Waals surface area contributed by atoms with Crippen molar-refractivity contribution in [2.75, 3.05) is 6.61 Å². The fraction of sp³-hybridized carbons (Fsp3) is 0.118.